The second-order valence-electron chi connectivity index (χ2n) is 7.82. The van der Waals surface area contributed by atoms with E-state index >= 15 is 0 Å². The van der Waals surface area contributed by atoms with Crippen LogP contribution in [0.3, 0.4) is 0 Å². The molecule has 2 fully saturated rings. The van der Waals surface area contributed by atoms with Crippen LogP contribution in [0.2, 0.25) is 0 Å². The molecule has 146 valence electrons. The molecule has 1 aromatic rings. The topological polar surface area (TPSA) is 75.7 Å². The molecule has 1 aromatic carbocycles. The number of Topliss-reactive ketones (excluding diaryl/α,β-unsaturated/α-hetero) is 1. The lowest BCUT2D eigenvalue weighted by atomic mass is 10.0. The highest BCUT2D eigenvalue weighted by Crippen LogP contribution is 2.28. The largest absolute Gasteiger partial charge is 0.368 e. The number of carbonyl (C=O) groups is 3. The van der Waals surface area contributed by atoms with E-state index in [9.17, 15) is 14.4 Å². The lowest BCUT2D eigenvalue weighted by Gasteiger charge is -2.28. The van der Waals surface area contributed by atoms with Gasteiger partial charge in [0.25, 0.3) is 0 Å². The van der Waals surface area contributed by atoms with Crippen LogP contribution in [0.5, 0.6) is 0 Å². The average Bonchev–Trinajstić information content (AvgIpc) is 3.22. The number of nitrogens with zero attached hydrogens (tertiary/aromatic N) is 1. The molecule has 6 heteroatoms. The summed E-state index contributed by atoms with van der Waals surface area (Å²) in [6.07, 6.45) is 2.02. The number of hydrogen-bond donors (Lipinski definition) is 1. The van der Waals surface area contributed by atoms with Crippen molar-refractivity contribution in [2.24, 2.45) is 5.92 Å². The minimum atomic E-state index is -0.597. The maximum atomic E-state index is 13.1. The fraction of sp³-hybridized carbons (Fsp3) is 0.571. The number of carbonyl (C=O) groups excluding carboxylic acids is 3. The van der Waals surface area contributed by atoms with Crippen LogP contribution >= 0.6 is 0 Å². The summed E-state index contributed by atoms with van der Waals surface area (Å²) in [6.45, 7) is 4.63. The molecule has 0 aromatic heterocycles. The number of nitrogens with one attached hydrogen (secondary N) is 1. The Kier molecular flexibility index (Phi) is 6.26. The third kappa shape index (κ3) is 4.75. The van der Waals surface area contributed by atoms with E-state index < -0.39 is 12.1 Å². The fourth-order valence-corrected chi connectivity index (χ4v) is 3.90. The van der Waals surface area contributed by atoms with E-state index in [-0.39, 0.29) is 36.2 Å². The van der Waals surface area contributed by atoms with Gasteiger partial charge in [-0.25, -0.2) is 0 Å². The van der Waals surface area contributed by atoms with Gasteiger partial charge in [-0.3, -0.25) is 14.4 Å². The number of rotatable bonds is 7. The van der Waals surface area contributed by atoms with E-state index in [0.29, 0.717) is 32.2 Å². The van der Waals surface area contributed by atoms with Crippen LogP contribution in [-0.4, -0.2) is 53.8 Å². The third-order valence-corrected chi connectivity index (χ3v) is 5.22. The van der Waals surface area contributed by atoms with E-state index in [1.54, 1.807) is 4.90 Å². The minimum absolute atomic E-state index is 0.0375. The van der Waals surface area contributed by atoms with Crippen LogP contribution < -0.4 is 5.32 Å². The average molecular weight is 372 g/mol. The Bertz CT molecular complexity index is 689. The Balaban J connectivity index is 1.62. The molecular weight excluding hydrogens is 344 g/mol. The molecule has 0 saturated carbocycles. The van der Waals surface area contributed by atoms with Crippen LogP contribution in [0.4, 0.5) is 0 Å². The van der Waals surface area contributed by atoms with Crippen molar-refractivity contribution >= 4 is 17.6 Å². The predicted octanol–water partition coefficient (Wildman–Crippen LogP) is 1.72. The smallest absolute Gasteiger partial charge is 0.245 e. The predicted molar refractivity (Wildman–Crippen MR) is 101 cm³/mol. The molecule has 2 saturated heterocycles. The molecule has 6 nitrogen and oxygen atoms in total. The van der Waals surface area contributed by atoms with Crippen molar-refractivity contribution in [2.45, 2.75) is 57.7 Å². The SMILES string of the molecule is CC(C)C[C@H](NC(=O)CCc1ccccc1)C(=O)N1CC[C@H]2OCC(=O)[C@H]21. The van der Waals surface area contributed by atoms with E-state index in [0.717, 1.165) is 5.56 Å². The molecule has 0 radical (unpaired) electrons. The van der Waals surface area contributed by atoms with Gasteiger partial charge in [-0.05, 0) is 30.7 Å². The normalized spacial score (nSPS) is 22.8. The summed E-state index contributed by atoms with van der Waals surface area (Å²) in [4.78, 5) is 39.2. The van der Waals surface area contributed by atoms with Gasteiger partial charge in [0.2, 0.25) is 11.8 Å². The molecule has 2 aliphatic heterocycles. The second-order valence-corrected chi connectivity index (χ2v) is 7.82. The van der Waals surface area contributed by atoms with Crippen molar-refractivity contribution in [3.05, 3.63) is 35.9 Å². The van der Waals surface area contributed by atoms with Gasteiger partial charge < -0.3 is 15.0 Å². The van der Waals surface area contributed by atoms with Gasteiger partial charge in [-0.1, -0.05) is 44.2 Å². The molecule has 3 rings (SSSR count). The summed E-state index contributed by atoms with van der Waals surface area (Å²) in [5, 5.41) is 2.91. The Labute approximate surface area is 160 Å². The molecule has 0 spiro atoms. The van der Waals surface area contributed by atoms with Gasteiger partial charge in [-0.15, -0.1) is 0 Å². The maximum absolute atomic E-state index is 13.1. The van der Waals surface area contributed by atoms with Gasteiger partial charge in [0.05, 0.1) is 6.10 Å². The number of ether oxygens (including phenoxy) is 1. The van der Waals surface area contributed by atoms with Crippen LogP contribution in [0, 0.1) is 5.92 Å². The van der Waals surface area contributed by atoms with Crippen LogP contribution in [0.15, 0.2) is 30.3 Å². The highest BCUT2D eigenvalue weighted by Gasteiger charge is 2.47. The summed E-state index contributed by atoms with van der Waals surface area (Å²) in [7, 11) is 0. The number of fused-ring (bicyclic) bond motifs is 1. The lowest BCUT2D eigenvalue weighted by molar-refractivity contribution is -0.140. The van der Waals surface area contributed by atoms with Crippen LogP contribution in [-0.2, 0) is 25.5 Å². The van der Waals surface area contributed by atoms with E-state index in [1.165, 1.54) is 0 Å². The first-order valence-electron chi connectivity index (χ1n) is 9.73. The van der Waals surface area contributed by atoms with E-state index in [2.05, 4.69) is 5.32 Å². The van der Waals surface area contributed by atoms with Crippen molar-refractivity contribution < 1.29 is 19.1 Å². The van der Waals surface area contributed by atoms with Crippen LogP contribution in [0.25, 0.3) is 0 Å². The first kappa shape index (κ1) is 19.5. The molecule has 3 atom stereocenters. The monoisotopic (exact) mass is 372 g/mol. The number of aryl methyl sites for hydroxylation is 1. The molecular formula is C21H28N2O4. The first-order valence-corrected chi connectivity index (χ1v) is 9.73. The quantitative estimate of drug-likeness (QED) is 0.791. The number of ketones is 1. The maximum Gasteiger partial charge on any atom is 0.245 e. The standard InChI is InChI=1S/C21H28N2O4/c1-14(2)12-16(22-19(25)9-8-15-6-4-3-5-7-15)21(26)23-11-10-18-20(23)17(24)13-27-18/h3-7,14,16,18,20H,8-13H2,1-2H3,(H,22,25)/t16-,18+,20+/m0/s1. The number of likely N-dealkylation sites (tertiary alicyclic amines) is 1. The van der Waals surface area contributed by atoms with Crippen molar-refractivity contribution in [3.63, 3.8) is 0 Å². The Morgan fingerprint density at radius 2 is 2.00 bits per heavy atom. The summed E-state index contributed by atoms with van der Waals surface area (Å²) < 4.78 is 5.47. The molecule has 0 aliphatic carbocycles. The van der Waals surface area contributed by atoms with Crippen LogP contribution in [0.1, 0.15) is 38.7 Å². The second kappa shape index (κ2) is 8.65. The molecule has 2 aliphatic rings. The Morgan fingerprint density at radius 1 is 1.26 bits per heavy atom. The lowest BCUT2D eigenvalue weighted by Crippen LogP contribution is -2.52. The van der Waals surface area contributed by atoms with Gasteiger partial charge in [0.15, 0.2) is 5.78 Å². The number of benzene rings is 1. The zero-order chi connectivity index (χ0) is 19.4. The summed E-state index contributed by atoms with van der Waals surface area (Å²) >= 11 is 0. The minimum Gasteiger partial charge on any atom is -0.368 e. The summed E-state index contributed by atoms with van der Waals surface area (Å²) in [5.41, 5.74) is 1.09. The molecule has 0 unspecified atom stereocenters. The fourth-order valence-electron chi connectivity index (χ4n) is 3.90. The Morgan fingerprint density at radius 3 is 2.70 bits per heavy atom. The third-order valence-electron chi connectivity index (χ3n) is 5.22. The van der Waals surface area contributed by atoms with Gasteiger partial charge in [0.1, 0.15) is 18.7 Å². The zero-order valence-electron chi connectivity index (χ0n) is 16.0. The Hall–Kier alpha value is -2.21. The zero-order valence-corrected chi connectivity index (χ0v) is 16.0. The van der Waals surface area contributed by atoms with E-state index in [4.69, 9.17) is 4.74 Å². The number of hydrogen-bond acceptors (Lipinski definition) is 4. The van der Waals surface area contributed by atoms with Crippen molar-refractivity contribution in [3.8, 4) is 0 Å². The highest BCUT2D eigenvalue weighted by molar-refractivity contribution is 5.95. The van der Waals surface area contributed by atoms with Crippen molar-refractivity contribution in [1.29, 1.82) is 0 Å². The number of amides is 2. The van der Waals surface area contributed by atoms with E-state index in [1.807, 2.05) is 44.2 Å². The molecule has 27 heavy (non-hydrogen) atoms. The molecule has 2 heterocycles. The highest BCUT2D eigenvalue weighted by atomic mass is 16.5. The first-order chi connectivity index (χ1) is 13.0. The molecule has 0 bridgehead atoms. The van der Waals surface area contributed by atoms with Gasteiger partial charge >= 0.3 is 0 Å². The van der Waals surface area contributed by atoms with Crippen molar-refractivity contribution in [2.75, 3.05) is 13.2 Å². The molecule has 2 amide bonds. The van der Waals surface area contributed by atoms with Gasteiger partial charge in [0, 0.05) is 13.0 Å². The summed E-state index contributed by atoms with van der Waals surface area (Å²) in [5.74, 6) is -0.0856. The summed E-state index contributed by atoms with van der Waals surface area (Å²) in [6, 6.07) is 8.73. The molecule has 1 N–H and O–H groups in total. The van der Waals surface area contributed by atoms with Gasteiger partial charge in [-0.2, -0.15) is 0 Å². The van der Waals surface area contributed by atoms with Crippen molar-refractivity contribution in [1.82, 2.24) is 10.2 Å².